The zero-order valence-electron chi connectivity index (χ0n) is 24.0. The minimum atomic E-state index is -4.32. The zero-order valence-corrected chi connectivity index (χ0v) is 24.8. The third kappa shape index (κ3) is 5.82. The Bertz CT molecular complexity index is 1970. The highest BCUT2D eigenvalue weighted by Crippen LogP contribution is 2.32. The molecular formula is C29H27F2N7O7S. The normalized spacial score (nSPS) is 15.4. The number of hydrogen-bond donors (Lipinski definition) is 4. The summed E-state index contributed by atoms with van der Waals surface area (Å²) < 4.78 is 62.1. The molecule has 46 heavy (non-hydrogen) atoms. The molecule has 1 saturated heterocycles. The van der Waals surface area contributed by atoms with Crippen molar-refractivity contribution < 1.29 is 41.4 Å². The van der Waals surface area contributed by atoms with E-state index in [0.717, 1.165) is 16.4 Å². The van der Waals surface area contributed by atoms with E-state index in [4.69, 9.17) is 10.5 Å². The largest absolute Gasteiger partial charge is 0.478 e. The van der Waals surface area contributed by atoms with Crippen molar-refractivity contribution in [1.29, 1.82) is 0 Å². The van der Waals surface area contributed by atoms with E-state index in [1.807, 2.05) is 4.90 Å². The summed E-state index contributed by atoms with van der Waals surface area (Å²) in [5, 5.41) is 19.0. The number of benzene rings is 2. The first-order valence-electron chi connectivity index (χ1n) is 14.0. The minimum absolute atomic E-state index is 0.00143. The lowest BCUT2D eigenvalue weighted by Crippen LogP contribution is -2.37. The molecule has 0 bridgehead atoms. The second-order valence-electron chi connectivity index (χ2n) is 10.6. The lowest BCUT2D eigenvalue weighted by Gasteiger charge is -2.31. The summed E-state index contributed by atoms with van der Waals surface area (Å²) in [5.41, 5.74) is 7.24. The number of fused-ring (bicyclic) bond motifs is 1. The van der Waals surface area contributed by atoms with Crippen molar-refractivity contribution in [2.24, 2.45) is 5.73 Å². The first kappa shape index (κ1) is 30.9. The molecule has 17 heteroatoms. The molecule has 2 aliphatic rings. The molecule has 4 aromatic rings. The standard InChI is InChI=1S/C29H27F2N7O7S/c30-17-9-18(31)11-19(10-17)46(43,44)38-4-2-23-22(15-38)27(35-34-23)33-28(40)21-13-25(37-3-1-16(14-37)29(41)42)24(12-20(21)26(32)39)36-5-7-45-8-6-36/h1,3,9-14H,2,4-8,15H2,(H2,32,39)(H,41,42)(H2,33,34,35,40). The Hall–Kier alpha value is -5.13. The van der Waals surface area contributed by atoms with Gasteiger partial charge in [0.25, 0.3) is 5.91 Å². The van der Waals surface area contributed by atoms with Gasteiger partial charge >= 0.3 is 5.97 Å². The van der Waals surface area contributed by atoms with Crippen LogP contribution in [0.15, 0.2) is 53.7 Å². The molecule has 6 rings (SSSR count). The molecule has 2 aliphatic heterocycles. The Labute approximate surface area is 260 Å². The van der Waals surface area contributed by atoms with Gasteiger partial charge in [0, 0.05) is 62.3 Å². The lowest BCUT2D eigenvalue weighted by molar-refractivity contribution is 0.0696. The molecule has 2 amide bonds. The number of sulfonamides is 1. The van der Waals surface area contributed by atoms with Crippen molar-refractivity contribution in [2.75, 3.05) is 43.1 Å². The van der Waals surface area contributed by atoms with Crippen LogP contribution in [-0.4, -0.2) is 83.2 Å². The summed E-state index contributed by atoms with van der Waals surface area (Å²) in [7, 11) is -4.32. The van der Waals surface area contributed by atoms with Crippen molar-refractivity contribution >= 4 is 39.3 Å². The van der Waals surface area contributed by atoms with Gasteiger partial charge in [-0.15, -0.1) is 0 Å². The van der Waals surface area contributed by atoms with Gasteiger partial charge in [0.1, 0.15) is 11.6 Å². The third-order valence-corrected chi connectivity index (χ3v) is 9.62. The van der Waals surface area contributed by atoms with Gasteiger partial charge in [-0.05, 0) is 30.3 Å². The van der Waals surface area contributed by atoms with E-state index in [1.165, 1.54) is 35.2 Å². The van der Waals surface area contributed by atoms with Crippen LogP contribution in [0.5, 0.6) is 0 Å². The Morgan fingerprint density at radius 2 is 1.70 bits per heavy atom. The van der Waals surface area contributed by atoms with Crippen LogP contribution in [0.2, 0.25) is 0 Å². The molecule has 0 atom stereocenters. The molecule has 0 unspecified atom stereocenters. The molecular weight excluding hydrogens is 628 g/mol. The van der Waals surface area contributed by atoms with Crippen LogP contribution in [0.25, 0.3) is 5.69 Å². The SMILES string of the molecule is NC(=O)c1cc(N2CCOCC2)c(-n2ccc(C(=O)O)c2)cc1C(=O)Nc1n[nH]c2c1CN(S(=O)(=O)c1cc(F)cc(F)c1)CC2. The number of carbonyl (C=O) groups excluding carboxylic acids is 2. The highest BCUT2D eigenvalue weighted by atomic mass is 32.2. The van der Waals surface area contributed by atoms with Crippen molar-refractivity contribution in [3.63, 3.8) is 0 Å². The number of anilines is 2. The van der Waals surface area contributed by atoms with Crippen molar-refractivity contribution in [3.05, 3.63) is 88.4 Å². The number of carboxylic acids is 1. The zero-order chi connectivity index (χ0) is 32.7. The number of ether oxygens (including phenoxy) is 1. The van der Waals surface area contributed by atoms with E-state index in [-0.39, 0.29) is 42.0 Å². The average Bonchev–Trinajstić information content (AvgIpc) is 3.68. The number of primary amides is 1. The lowest BCUT2D eigenvalue weighted by atomic mass is 10.0. The molecule has 2 aromatic carbocycles. The quantitative estimate of drug-likeness (QED) is 0.220. The molecule has 4 heterocycles. The van der Waals surface area contributed by atoms with E-state index in [1.54, 1.807) is 0 Å². The molecule has 14 nitrogen and oxygen atoms in total. The van der Waals surface area contributed by atoms with Crippen LogP contribution in [0.3, 0.4) is 0 Å². The summed E-state index contributed by atoms with van der Waals surface area (Å²) in [6, 6.07) is 6.28. The summed E-state index contributed by atoms with van der Waals surface area (Å²) in [6.07, 6.45) is 3.05. The first-order chi connectivity index (χ1) is 21.9. The number of carboxylic acid groups (broad SMARTS) is 1. The number of nitrogens with one attached hydrogen (secondary N) is 2. The maximum absolute atomic E-state index is 13.8. The van der Waals surface area contributed by atoms with Gasteiger partial charge < -0.3 is 30.4 Å². The fraction of sp³-hybridized carbons (Fsp3) is 0.241. The Morgan fingerprint density at radius 3 is 2.35 bits per heavy atom. The number of morpholine rings is 1. The summed E-state index contributed by atoms with van der Waals surface area (Å²) in [4.78, 5) is 39.4. The Balaban J connectivity index is 1.35. The van der Waals surface area contributed by atoms with Crippen LogP contribution < -0.4 is 16.0 Å². The Kier molecular flexibility index (Phi) is 8.05. The number of rotatable bonds is 8. The maximum Gasteiger partial charge on any atom is 0.337 e. The molecule has 1 fully saturated rings. The number of carbonyl (C=O) groups is 3. The van der Waals surface area contributed by atoms with Gasteiger partial charge in [-0.1, -0.05) is 0 Å². The van der Waals surface area contributed by atoms with E-state index >= 15 is 0 Å². The van der Waals surface area contributed by atoms with E-state index in [0.29, 0.717) is 55.0 Å². The maximum atomic E-state index is 13.8. The minimum Gasteiger partial charge on any atom is -0.478 e. The molecule has 0 radical (unpaired) electrons. The van der Waals surface area contributed by atoms with E-state index in [2.05, 4.69) is 15.5 Å². The Morgan fingerprint density at radius 1 is 1.00 bits per heavy atom. The third-order valence-electron chi connectivity index (χ3n) is 7.80. The van der Waals surface area contributed by atoms with Crippen LogP contribution in [0.4, 0.5) is 20.3 Å². The van der Waals surface area contributed by atoms with E-state index < -0.39 is 44.3 Å². The van der Waals surface area contributed by atoms with Crippen LogP contribution in [0.1, 0.15) is 42.3 Å². The van der Waals surface area contributed by atoms with Gasteiger partial charge in [0.05, 0.1) is 46.2 Å². The number of nitrogens with two attached hydrogens (primary N) is 1. The number of aromatic carboxylic acids is 1. The fourth-order valence-electron chi connectivity index (χ4n) is 5.49. The number of H-pyrrole nitrogens is 1. The molecule has 5 N–H and O–H groups in total. The van der Waals surface area contributed by atoms with Crippen LogP contribution in [-0.2, 0) is 27.7 Å². The number of nitrogens with zero attached hydrogens (tertiary/aromatic N) is 4. The van der Waals surface area contributed by atoms with E-state index in [9.17, 15) is 36.7 Å². The summed E-state index contributed by atoms with van der Waals surface area (Å²) >= 11 is 0. The molecule has 2 aromatic heterocycles. The number of aromatic nitrogens is 3. The van der Waals surface area contributed by atoms with Gasteiger partial charge in [-0.25, -0.2) is 22.0 Å². The van der Waals surface area contributed by atoms with Crippen molar-refractivity contribution in [1.82, 2.24) is 19.1 Å². The molecule has 0 saturated carbocycles. The molecule has 0 spiro atoms. The van der Waals surface area contributed by atoms with Crippen LogP contribution >= 0.6 is 0 Å². The molecule has 240 valence electrons. The van der Waals surface area contributed by atoms with Gasteiger partial charge in [0.2, 0.25) is 15.9 Å². The average molecular weight is 656 g/mol. The van der Waals surface area contributed by atoms with Gasteiger partial charge in [0.15, 0.2) is 5.82 Å². The van der Waals surface area contributed by atoms with Gasteiger partial charge in [-0.2, -0.15) is 9.40 Å². The van der Waals surface area contributed by atoms with Gasteiger partial charge in [-0.3, -0.25) is 14.7 Å². The fourth-order valence-corrected chi connectivity index (χ4v) is 6.94. The predicted molar refractivity (Wildman–Crippen MR) is 158 cm³/mol. The monoisotopic (exact) mass is 655 g/mol. The second-order valence-corrected chi connectivity index (χ2v) is 12.6. The number of hydrogen-bond acceptors (Lipinski definition) is 8. The van der Waals surface area contributed by atoms with Crippen molar-refractivity contribution in [3.8, 4) is 5.69 Å². The summed E-state index contributed by atoms with van der Waals surface area (Å²) in [6.45, 7) is 1.45. The number of amides is 2. The van der Waals surface area contributed by atoms with Crippen molar-refractivity contribution in [2.45, 2.75) is 17.9 Å². The highest BCUT2D eigenvalue weighted by molar-refractivity contribution is 7.89. The second kappa shape index (κ2) is 12.0. The summed E-state index contributed by atoms with van der Waals surface area (Å²) in [5.74, 6) is -4.95. The van der Waals surface area contributed by atoms with Crippen LogP contribution in [0, 0.1) is 11.6 Å². The number of halogens is 2. The highest BCUT2D eigenvalue weighted by Gasteiger charge is 2.33. The number of aromatic amines is 1. The first-order valence-corrected chi connectivity index (χ1v) is 15.4. The smallest absolute Gasteiger partial charge is 0.337 e. The molecule has 0 aliphatic carbocycles. The predicted octanol–water partition coefficient (Wildman–Crippen LogP) is 2.11. The topological polar surface area (TPSA) is 193 Å².